The molecular weight excluding hydrogens is 204 g/mol. The highest BCUT2D eigenvalue weighted by atomic mass is 19.1. The SMILES string of the molecule is NC1CC(=O)N(c2ncc(F)cc2F)C1. The number of anilines is 1. The van der Waals surface area contributed by atoms with Gasteiger partial charge in [0.25, 0.3) is 0 Å². The maximum absolute atomic E-state index is 13.3. The quantitative estimate of drug-likeness (QED) is 0.735. The van der Waals surface area contributed by atoms with Gasteiger partial charge in [0.05, 0.1) is 6.20 Å². The Balaban J connectivity index is 2.34. The third kappa shape index (κ3) is 1.80. The molecule has 1 aromatic rings. The fourth-order valence-electron chi connectivity index (χ4n) is 1.55. The van der Waals surface area contributed by atoms with Crippen LogP contribution in [0.1, 0.15) is 6.42 Å². The van der Waals surface area contributed by atoms with Crippen LogP contribution >= 0.6 is 0 Å². The average Bonchev–Trinajstić information content (AvgIpc) is 2.45. The summed E-state index contributed by atoms with van der Waals surface area (Å²) in [4.78, 5) is 16.1. The number of carbonyl (C=O) groups is 1. The lowest BCUT2D eigenvalue weighted by atomic mass is 10.3. The van der Waals surface area contributed by atoms with Crippen molar-refractivity contribution in [2.24, 2.45) is 5.73 Å². The summed E-state index contributed by atoms with van der Waals surface area (Å²) in [5.74, 6) is -2.07. The largest absolute Gasteiger partial charge is 0.326 e. The third-order valence-electron chi connectivity index (χ3n) is 2.20. The first kappa shape index (κ1) is 9.97. The molecule has 1 amide bonds. The van der Waals surface area contributed by atoms with Crippen LogP contribution in [0.25, 0.3) is 0 Å². The van der Waals surface area contributed by atoms with E-state index in [0.717, 1.165) is 11.1 Å². The summed E-state index contributed by atoms with van der Waals surface area (Å²) in [7, 11) is 0. The zero-order chi connectivity index (χ0) is 11.0. The van der Waals surface area contributed by atoms with E-state index in [1.807, 2.05) is 0 Å². The molecule has 15 heavy (non-hydrogen) atoms. The Hall–Kier alpha value is -1.56. The minimum Gasteiger partial charge on any atom is -0.326 e. The van der Waals surface area contributed by atoms with Gasteiger partial charge in [-0.1, -0.05) is 0 Å². The highest BCUT2D eigenvalue weighted by Crippen LogP contribution is 2.21. The molecule has 0 bridgehead atoms. The van der Waals surface area contributed by atoms with Crippen LogP contribution in [-0.4, -0.2) is 23.5 Å². The van der Waals surface area contributed by atoms with Gasteiger partial charge in [-0.05, 0) is 0 Å². The van der Waals surface area contributed by atoms with Crippen LogP contribution in [0, 0.1) is 11.6 Å². The zero-order valence-electron chi connectivity index (χ0n) is 7.78. The van der Waals surface area contributed by atoms with Crippen LogP contribution in [0.3, 0.4) is 0 Å². The number of pyridine rings is 1. The van der Waals surface area contributed by atoms with E-state index >= 15 is 0 Å². The highest BCUT2D eigenvalue weighted by molar-refractivity contribution is 5.95. The summed E-state index contributed by atoms with van der Waals surface area (Å²) in [5.41, 5.74) is 5.55. The first-order valence-corrected chi connectivity index (χ1v) is 4.45. The monoisotopic (exact) mass is 213 g/mol. The van der Waals surface area contributed by atoms with E-state index < -0.39 is 11.6 Å². The van der Waals surface area contributed by atoms with Gasteiger partial charge in [-0.3, -0.25) is 9.69 Å². The lowest BCUT2D eigenvalue weighted by Gasteiger charge is -2.15. The van der Waals surface area contributed by atoms with Gasteiger partial charge in [0.2, 0.25) is 5.91 Å². The molecule has 4 nitrogen and oxygen atoms in total. The molecule has 80 valence electrons. The van der Waals surface area contributed by atoms with Crippen molar-refractivity contribution in [3.05, 3.63) is 23.9 Å². The van der Waals surface area contributed by atoms with Crippen molar-refractivity contribution in [2.45, 2.75) is 12.5 Å². The summed E-state index contributed by atoms with van der Waals surface area (Å²) in [5, 5.41) is 0. The molecule has 1 fully saturated rings. The Bertz CT molecular complexity index is 410. The second-order valence-corrected chi connectivity index (χ2v) is 3.43. The minimum atomic E-state index is -0.850. The Morgan fingerprint density at radius 2 is 2.27 bits per heavy atom. The van der Waals surface area contributed by atoms with E-state index in [1.54, 1.807) is 0 Å². The maximum atomic E-state index is 13.3. The van der Waals surface area contributed by atoms with E-state index in [2.05, 4.69) is 4.98 Å². The predicted molar refractivity (Wildman–Crippen MR) is 49.1 cm³/mol. The van der Waals surface area contributed by atoms with Gasteiger partial charge in [0.15, 0.2) is 11.6 Å². The topological polar surface area (TPSA) is 59.2 Å². The highest BCUT2D eigenvalue weighted by Gasteiger charge is 2.30. The Kier molecular flexibility index (Phi) is 2.36. The van der Waals surface area contributed by atoms with E-state index in [4.69, 9.17) is 5.73 Å². The van der Waals surface area contributed by atoms with Crippen molar-refractivity contribution in [3.8, 4) is 0 Å². The number of rotatable bonds is 1. The van der Waals surface area contributed by atoms with Crippen LogP contribution in [0.5, 0.6) is 0 Å². The van der Waals surface area contributed by atoms with Gasteiger partial charge < -0.3 is 5.73 Å². The Morgan fingerprint density at radius 3 is 2.80 bits per heavy atom. The second kappa shape index (κ2) is 3.54. The fraction of sp³-hybridized carbons (Fsp3) is 0.333. The van der Waals surface area contributed by atoms with Gasteiger partial charge in [0.1, 0.15) is 5.82 Å². The van der Waals surface area contributed by atoms with Crippen LogP contribution in [0.4, 0.5) is 14.6 Å². The normalized spacial score (nSPS) is 21.1. The molecule has 2 rings (SSSR count). The molecule has 0 spiro atoms. The summed E-state index contributed by atoms with van der Waals surface area (Å²) in [6, 6.07) is 0.378. The van der Waals surface area contributed by atoms with Crippen molar-refractivity contribution < 1.29 is 13.6 Å². The van der Waals surface area contributed by atoms with E-state index in [0.29, 0.717) is 6.07 Å². The number of nitrogens with zero attached hydrogens (tertiary/aromatic N) is 2. The molecule has 1 unspecified atom stereocenters. The van der Waals surface area contributed by atoms with Gasteiger partial charge in [-0.15, -0.1) is 0 Å². The first-order chi connectivity index (χ1) is 7.08. The van der Waals surface area contributed by atoms with Gasteiger partial charge in [-0.25, -0.2) is 13.8 Å². The van der Waals surface area contributed by atoms with Crippen molar-refractivity contribution in [3.63, 3.8) is 0 Å². The van der Waals surface area contributed by atoms with Crippen molar-refractivity contribution >= 4 is 11.7 Å². The fourth-order valence-corrected chi connectivity index (χ4v) is 1.55. The number of halogens is 2. The van der Waals surface area contributed by atoms with E-state index in [9.17, 15) is 13.6 Å². The minimum absolute atomic E-state index is 0.158. The van der Waals surface area contributed by atoms with E-state index in [-0.39, 0.29) is 30.7 Å². The number of nitrogens with two attached hydrogens (primary N) is 1. The summed E-state index contributed by atoms with van der Waals surface area (Å²) < 4.78 is 25.8. The lowest BCUT2D eigenvalue weighted by molar-refractivity contribution is -0.117. The number of hydrogen-bond acceptors (Lipinski definition) is 3. The molecule has 0 aliphatic carbocycles. The average molecular weight is 213 g/mol. The Morgan fingerprint density at radius 1 is 1.53 bits per heavy atom. The molecule has 1 atom stereocenters. The van der Waals surface area contributed by atoms with Gasteiger partial charge >= 0.3 is 0 Å². The van der Waals surface area contributed by atoms with Crippen LogP contribution < -0.4 is 10.6 Å². The molecule has 1 aromatic heterocycles. The van der Waals surface area contributed by atoms with Crippen LogP contribution in [0.15, 0.2) is 12.3 Å². The number of amides is 1. The van der Waals surface area contributed by atoms with Crippen molar-refractivity contribution in [1.82, 2.24) is 4.98 Å². The first-order valence-electron chi connectivity index (χ1n) is 4.45. The number of carbonyl (C=O) groups excluding carboxylic acids is 1. The lowest BCUT2D eigenvalue weighted by Crippen LogP contribution is -2.29. The molecule has 1 aliphatic rings. The molecule has 1 saturated heterocycles. The van der Waals surface area contributed by atoms with Crippen molar-refractivity contribution in [1.29, 1.82) is 0 Å². The summed E-state index contributed by atoms with van der Waals surface area (Å²) in [6.07, 6.45) is 1.04. The number of hydrogen-bond donors (Lipinski definition) is 1. The molecule has 6 heteroatoms. The van der Waals surface area contributed by atoms with E-state index in [1.165, 1.54) is 0 Å². The predicted octanol–water partition coefficient (Wildman–Crippen LogP) is 0.424. The summed E-state index contributed by atoms with van der Waals surface area (Å²) in [6.45, 7) is 0.217. The zero-order valence-corrected chi connectivity index (χ0v) is 7.78. The molecular formula is C9H9F2N3O. The van der Waals surface area contributed by atoms with Crippen LogP contribution in [-0.2, 0) is 4.79 Å². The number of aromatic nitrogens is 1. The second-order valence-electron chi connectivity index (χ2n) is 3.43. The molecule has 2 heterocycles. The molecule has 0 saturated carbocycles. The standard InChI is InChI=1S/C9H9F2N3O/c10-5-1-7(11)9(13-3-5)14-4-6(12)2-8(14)15/h1,3,6H,2,4,12H2. The third-order valence-corrected chi connectivity index (χ3v) is 2.20. The maximum Gasteiger partial charge on any atom is 0.229 e. The molecule has 0 aromatic carbocycles. The van der Waals surface area contributed by atoms with Gasteiger partial charge in [-0.2, -0.15) is 0 Å². The molecule has 2 N–H and O–H groups in total. The summed E-state index contributed by atoms with van der Waals surface area (Å²) >= 11 is 0. The molecule has 0 radical (unpaired) electrons. The van der Waals surface area contributed by atoms with Crippen LogP contribution in [0.2, 0.25) is 0 Å². The molecule has 1 aliphatic heterocycles. The van der Waals surface area contributed by atoms with Crippen molar-refractivity contribution in [2.75, 3.05) is 11.4 Å². The Labute approximate surface area is 84.7 Å². The smallest absolute Gasteiger partial charge is 0.229 e. The van der Waals surface area contributed by atoms with Gasteiger partial charge in [0, 0.05) is 25.1 Å².